The van der Waals surface area contributed by atoms with Crippen LogP contribution in [0.4, 0.5) is 0 Å². The maximum absolute atomic E-state index is 11.4. The van der Waals surface area contributed by atoms with E-state index in [-0.39, 0.29) is 16.9 Å². The van der Waals surface area contributed by atoms with Gasteiger partial charge in [-0.2, -0.15) is 0 Å². The molecule has 0 rings (SSSR count). The molecule has 0 heterocycles. The Morgan fingerprint density at radius 1 is 1.30 bits per heavy atom. The predicted octanol–water partition coefficient (Wildman–Crippen LogP) is 4.54. The maximum Gasteiger partial charge on any atom is 0.306 e. The monoisotopic (exact) mass is 300 g/mol. The lowest BCUT2D eigenvalue weighted by atomic mass is 9.99. The summed E-state index contributed by atoms with van der Waals surface area (Å²) in [5, 5.41) is 0.227. The molecule has 0 aliphatic heterocycles. The SMILES string of the molecule is CCOC(=O)CC(C)/C(C)=C/CO[Si](C)(C)C(C)(C)C. The van der Waals surface area contributed by atoms with E-state index in [9.17, 15) is 4.79 Å². The number of carbonyl (C=O) groups excluding carboxylic acids is 1. The molecule has 1 atom stereocenters. The van der Waals surface area contributed by atoms with Crippen molar-refractivity contribution in [3.05, 3.63) is 11.6 Å². The van der Waals surface area contributed by atoms with Crippen LogP contribution >= 0.6 is 0 Å². The molecule has 118 valence electrons. The first-order valence-corrected chi connectivity index (χ1v) is 10.4. The van der Waals surface area contributed by atoms with Gasteiger partial charge in [0.25, 0.3) is 0 Å². The fraction of sp³-hybridized carbons (Fsp3) is 0.812. The molecule has 0 aromatic rings. The highest BCUT2D eigenvalue weighted by molar-refractivity contribution is 6.74. The van der Waals surface area contributed by atoms with Crippen LogP contribution in [0.2, 0.25) is 18.1 Å². The zero-order valence-electron chi connectivity index (χ0n) is 14.5. The molecular formula is C16H32O3Si. The van der Waals surface area contributed by atoms with Crippen LogP contribution in [0, 0.1) is 5.92 Å². The van der Waals surface area contributed by atoms with E-state index in [4.69, 9.17) is 9.16 Å². The van der Waals surface area contributed by atoms with Crippen molar-refractivity contribution in [3.63, 3.8) is 0 Å². The molecule has 1 unspecified atom stereocenters. The molecule has 0 saturated heterocycles. The smallest absolute Gasteiger partial charge is 0.306 e. The molecule has 0 fully saturated rings. The van der Waals surface area contributed by atoms with E-state index in [1.807, 2.05) is 6.92 Å². The Morgan fingerprint density at radius 2 is 1.85 bits per heavy atom. The lowest BCUT2D eigenvalue weighted by Gasteiger charge is -2.35. The molecule has 0 bridgehead atoms. The Hall–Kier alpha value is -0.613. The molecule has 0 amide bonds. The minimum atomic E-state index is -1.69. The molecule has 0 aliphatic rings. The van der Waals surface area contributed by atoms with Gasteiger partial charge in [-0.05, 0) is 37.9 Å². The first-order valence-electron chi connectivity index (χ1n) is 7.47. The van der Waals surface area contributed by atoms with Gasteiger partial charge in [0.05, 0.1) is 19.6 Å². The lowest BCUT2D eigenvalue weighted by molar-refractivity contribution is -0.143. The van der Waals surface area contributed by atoms with E-state index in [2.05, 4.69) is 53.8 Å². The molecule has 4 heteroatoms. The molecule has 0 radical (unpaired) electrons. The van der Waals surface area contributed by atoms with E-state index in [1.165, 1.54) is 5.57 Å². The van der Waals surface area contributed by atoms with Crippen molar-refractivity contribution in [1.82, 2.24) is 0 Å². The fourth-order valence-corrected chi connectivity index (χ4v) is 2.36. The number of hydrogen-bond donors (Lipinski definition) is 0. The average Bonchev–Trinajstić information content (AvgIpc) is 2.27. The minimum Gasteiger partial charge on any atom is -0.466 e. The van der Waals surface area contributed by atoms with Gasteiger partial charge in [0, 0.05) is 0 Å². The van der Waals surface area contributed by atoms with E-state index in [0.29, 0.717) is 19.6 Å². The van der Waals surface area contributed by atoms with Crippen LogP contribution in [0.25, 0.3) is 0 Å². The molecule has 0 saturated carbocycles. The normalized spacial score (nSPS) is 15.1. The number of carbonyl (C=O) groups is 1. The Labute approximate surface area is 125 Å². The summed E-state index contributed by atoms with van der Waals surface area (Å²) in [6.07, 6.45) is 2.54. The summed E-state index contributed by atoms with van der Waals surface area (Å²) in [6.45, 7) is 18.2. The van der Waals surface area contributed by atoms with Crippen LogP contribution in [0.5, 0.6) is 0 Å². The molecule has 0 spiro atoms. The van der Waals surface area contributed by atoms with Crippen LogP contribution in [-0.4, -0.2) is 27.5 Å². The lowest BCUT2D eigenvalue weighted by Crippen LogP contribution is -2.40. The summed E-state index contributed by atoms with van der Waals surface area (Å²) in [5.41, 5.74) is 1.19. The summed E-state index contributed by atoms with van der Waals surface area (Å²) in [6, 6.07) is 0. The van der Waals surface area contributed by atoms with Crippen LogP contribution in [0.1, 0.15) is 48.0 Å². The average molecular weight is 301 g/mol. The quantitative estimate of drug-likeness (QED) is 0.393. The van der Waals surface area contributed by atoms with Crippen LogP contribution in [0.15, 0.2) is 11.6 Å². The van der Waals surface area contributed by atoms with E-state index < -0.39 is 8.32 Å². The standard InChI is InChI=1S/C16H32O3Si/c1-9-18-15(17)12-14(3)13(2)10-11-19-20(7,8)16(4,5)6/h10,14H,9,11-12H2,1-8H3/b13-10+. The number of esters is 1. The van der Waals surface area contributed by atoms with Crippen LogP contribution < -0.4 is 0 Å². The van der Waals surface area contributed by atoms with Crippen molar-refractivity contribution in [3.8, 4) is 0 Å². The molecule has 0 aromatic carbocycles. The van der Waals surface area contributed by atoms with Crippen molar-refractivity contribution in [2.75, 3.05) is 13.2 Å². The molecule has 0 aromatic heterocycles. The minimum absolute atomic E-state index is 0.127. The summed E-state index contributed by atoms with van der Waals surface area (Å²) in [4.78, 5) is 11.4. The predicted molar refractivity (Wildman–Crippen MR) is 87.3 cm³/mol. The highest BCUT2D eigenvalue weighted by Crippen LogP contribution is 2.36. The Balaban J connectivity index is 4.36. The Bertz CT molecular complexity index is 340. The van der Waals surface area contributed by atoms with Gasteiger partial charge in [-0.25, -0.2) is 0 Å². The Morgan fingerprint density at radius 3 is 2.30 bits per heavy atom. The third-order valence-corrected chi connectivity index (χ3v) is 8.71. The number of hydrogen-bond acceptors (Lipinski definition) is 3. The molecule has 20 heavy (non-hydrogen) atoms. The van der Waals surface area contributed by atoms with E-state index in [0.717, 1.165) is 0 Å². The first kappa shape index (κ1) is 19.4. The van der Waals surface area contributed by atoms with Crippen LogP contribution in [0.3, 0.4) is 0 Å². The number of allylic oxidation sites excluding steroid dienone is 1. The highest BCUT2D eigenvalue weighted by Gasteiger charge is 2.36. The number of rotatable bonds is 7. The van der Waals surface area contributed by atoms with Gasteiger partial charge in [-0.1, -0.05) is 39.3 Å². The zero-order chi connectivity index (χ0) is 16.0. The molecule has 3 nitrogen and oxygen atoms in total. The van der Waals surface area contributed by atoms with Gasteiger partial charge in [-0.3, -0.25) is 4.79 Å². The zero-order valence-corrected chi connectivity index (χ0v) is 15.5. The van der Waals surface area contributed by atoms with Crippen LogP contribution in [-0.2, 0) is 14.0 Å². The summed E-state index contributed by atoms with van der Waals surface area (Å²) in [5.74, 6) is 0.0788. The van der Waals surface area contributed by atoms with Gasteiger partial charge >= 0.3 is 5.97 Å². The second-order valence-electron chi connectivity index (χ2n) is 6.93. The van der Waals surface area contributed by atoms with Crippen molar-refractivity contribution < 1.29 is 14.0 Å². The second-order valence-corrected chi connectivity index (χ2v) is 11.7. The van der Waals surface area contributed by atoms with Gasteiger partial charge < -0.3 is 9.16 Å². The van der Waals surface area contributed by atoms with Crippen molar-refractivity contribution in [2.45, 2.75) is 66.1 Å². The Kier molecular flexibility index (Phi) is 7.74. The second kappa shape index (κ2) is 7.98. The van der Waals surface area contributed by atoms with Crippen molar-refractivity contribution >= 4 is 14.3 Å². The third kappa shape index (κ3) is 6.71. The molecule has 0 aliphatic carbocycles. The van der Waals surface area contributed by atoms with E-state index in [1.54, 1.807) is 0 Å². The third-order valence-electron chi connectivity index (χ3n) is 4.21. The maximum atomic E-state index is 11.4. The fourth-order valence-electron chi connectivity index (χ4n) is 1.43. The van der Waals surface area contributed by atoms with Gasteiger partial charge in [0.2, 0.25) is 0 Å². The highest BCUT2D eigenvalue weighted by atomic mass is 28.4. The van der Waals surface area contributed by atoms with Crippen molar-refractivity contribution in [2.24, 2.45) is 5.92 Å². The van der Waals surface area contributed by atoms with Gasteiger partial charge in [0.1, 0.15) is 0 Å². The van der Waals surface area contributed by atoms with Gasteiger partial charge in [-0.15, -0.1) is 0 Å². The molecular weight excluding hydrogens is 268 g/mol. The molecule has 0 N–H and O–H groups in total. The largest absolute Gasteiger partial charge is 0.466 e. The summed E-state index contributed by atoms with van der Waals surface area (Å²) < 4.78 is 11.1. The van der Waals surface area contributed by atoms with Gasteiger partial charge in [0.15, 0.2) is 8.32 Å². The topological polar surface area (TPSA) is 35.5 Å². The number of ether oxygens (including phenoxy) is 1. The first-order chi connectivity index (χ1) is 9.01. The summed E-state index contributed by atoms with van der Waals surface area (Å²) in [7, 11) is -1.69. The van der Waals surface area contributed by atoms with E-state index >= 15 is 0 Å². The van der Waals surface area contributed by atoms with Crippen molar-refractivity contribution in [1.29, 1.82) is 0 Å². The summed E-state index contributed by atoms with van der Waals surface area (Å²) >= 11 is 0.